The zero-order valence-electron chi connectivity index (χ0n) is 17.7. The van der Waals surface area contributed by atoms with E-state index in [-0.39, 0.29) is 18.3 Å². The number of methoxy groups -OCH3 is 1. The Kier molecular flexibility index (Phi) is 5.20. The normalized spacial score (nSPS) is 21.9. The van der Waals surface area contributed by atoms with Crippen molar-refractivity contribution in [2.45, 2.75) is 30.5 Å². The van der Waals surface area contributed by atoms with Crippen molar-refractivity contribution in [2.75, 3.05) is 13.7 Å². The number of hydrogen-bond acceptors (Lipinski definition) is 5. The smallest absolute Gasteiger partial charge is 0.276 e. The first-order valence-electron chi connectivity index (χ1n) is 10.5. The predicted octanol–water partition coefficient (Wildman–Crippen LogP) is 2.84. The van der Waals surface area contributed by atoms with Crippen molar-refractivity contribution in [2.24, 2.45) is 0 Å². The van der Waals surface area contributed by atoms with Gasteiger partial charge in [-0.2, -0.15) is 5.10 Å². The second-order valence-electron chi connectivity index (χ2n) is 8.35. The van der Waals surface area contributed by atoms with Crippen molar-refractivity contribution in [1.82, 2.24) is 14.7 Å². The third kappa shape index (κ3) is 3.48. The fraction of sp³-hybridized carbons (Fsp3) is 0.292. The highest BCUT2D eigenvalue weighted by molar-refractivity contribution is 5.96. The Morgan fingerprint density at radius 2 is 1.73 bits per heavy atom. The standard InChI is InChI=1S/C24H21F2N3O4/c1-33-17-10-18-21(29-22(24(32)28(18)12-17)23(31)19(30)11-27-29)20(13-4-2-6-15(25)8-13)14-5-3-7-16(26)9-14/h2-9,11,17-18,20-21,31H,10,12H2,1H3/t17-,18+,21+/m0/s1. The number of halogens is 2. The SMILES string of the molecule is CO[C@H]1C[C@@H]2[C@H](C(c3cccc(F)c3)c3cccc(F)c3)n3ncc(=O)c(O)c3C(=O)N2C1. The summed E-state index contributed by atoms with van der Waals surface area (Å²) in [5, 5.41) is 14.7. The van der Waals surface area contributed by atoms with Crippen LogP contribution >= 0.6 is 0 Å². The third-order valence-electron chi connectivity index (χ3n) is 6.52. The number of aromatic hydroxyl groups is 1. The minimum atomic E-state index is -0.776. The molecule has 1 amide bonds. The van der Waals surface area contributed by atoms with Crippen LogP contribution in [0.1, 0.15) is 40.0 Å². The highest BCUT2D eigenvalue weighted by atomic mass is 19.1. The molecule has 0 aliphatic carbocycles. The highest BCUT2D eigenvalue weighted by Crippen LogP contribution is 2.46. The fourth-order valence-corrected chi connectivity index (χ4v) is 5.09. The van der Waals surface area contributed by atoms with Crippen LogP contribution in [0, 0.1) is 11.6 Å². The van der Waals surface area contributed by atoms with Crippen LogP contribution in [-0.2, 0) is 4.74 Å². The zero-order valence-corrected chi connectivity index (χ0v) is 17.7. The number of nitrogens with zero attached hydrogens (tertiary/aromatic N) is 3. The molecule has 0 radical (unpaired) electrons. The van der Waals surface area contributed by atoms with Crippen LogP contribution in [-0.4, -0.2) is 51.5 Å². The van der Waals surface area contributed by atoms with Crippen LogP contribution in [0.2, 0.25) is 0 Å². The summed E-state index contributed by atoms with van der Waals surface area (Å²) >= 11 is 0. The van der Waals surface area contributed by atoms with Gasteiger partial charge in [-0.25, -0.2) is 8.78 Å². The van der Waals surface area contributed by atoms with Crippen LogP contribution in [0.3, 0.4) is 0 Å². The van der Waals surface area contributed by atoms with E-state index in [0.717, 1.165) is 6.20 Å². The second kappa shape index (κ2) is 8.08. The number of rotatable bonds is 4. The van der Waals surface area contributed by atoms with Gasteiger partial charge in [-0.3, -0.25) is 14.3 Å². The Morgan fingerprint density at radius 1 is 1.09 bits per heavy atom. The van der Waals surface area contributed by atoms with Gasteiger partial charge in [-0.05, 0) is 41.8 Å². The largest absolute Gasteiger partial charge is 0.502 e. The number of carbonyl (C=O) groups is 1. The lowest BCUT2D eigenvalue weighted by Crippen LogP contribution is -2.51. The Labute approximate surface area is 187 Å². The molecule has 1 fully saturated rings. The van der Waals surface area contributed by atoms with Gasteiger partial charge in [0.05, 0.1) is 24.4 Å². The lowest BCUT2D eigenvalue weighted by Gasteiger charge is -2.42. The van der Waals surface area contributed by atoms with E-state index in [2.05, 4.69) is 5.10 Å². The summed E-state index contributed by atoms with van der Waals surface area (Å²) in [7, 11) is 1.55. The van der Waals surface area contributed by atoms with Gasteiger partial charge in [0, 0.05) is 19.6 Å². The Morgan fingerprint density at radius 3 is 2.30 bits per heavy atom. The number of benzene rings is 2. The Balaban J connectivity index is 1.78. The summed E-state index contributed by atoms with van der Waals surface area (Å²) in [6.07, 6.45) is 1.14. The maximum Gasteiger partial charge on any atom is 0.276 e. The molecule has 1 N–H and O–H groups in total. The van der Waals surface area contributed by atoms with E-state index < -0.39 is 46.7 Å². The van der Waals surface area contributed by atoms with E-state index in [1.165, 1.54) is 28.9 Å². The van der Waals surface area contributed by atoms with Crippen molar-refractivity contribution in [3.63, 3.8) is 0 Å². The topological polar surface area (TPSA) is 84.7 Å². The number of carbonyl (C=O) groups excluding carboxylic acids is 1. The molecule has 1 aromatic heterocycles. The molecule has 2 aromatic carbocycles. The molecule has 1 saturated heterocycles. The molecule has 0 saturated carbocycles. The number of aromatic nitrogens is 2. The number of fused-ring (bicyclic) bond motifs is 2. The van der Waals surface area contributed by atoms with Gasteiger partial charge in [0.15, 0.2) is 11.4 Å². The molecule has 2 aliphatic rings. The van der Waals surface area contributed by atoms with Gasteiger partial charge < -0.3 is 14.7 Å². The van der Waals surface area contributed by atoms with Gasteiger partial charge in [-0.15, -0.1) is 0 Å². The highest BCUT2D eigenvalue weighted by Gasteiger charge is 2.50. The molecule has 2 aliphatic heterocycles. The average Bonchev–Trinajstić information content (AvgIpc) is 3.23. The van der Waals surface area contributed by atoms with E-state index in [9.17, 15) is 23.5 Å². The monoisotopic (exact) mass is 453 g/mol. The average molecular weight is 453 g/mol. The lowest BCUT2D eigenvalue weighted by atomic mass is 9.79. The summed E-state index contributed by atoms with van der Waals surface area (Å²) in [6.45, 7) is 0.262. The van der Waals surface area contributed by atoms with E-state index in [1.54, 1.807) is 36.3 Å². The van der Waals surface area contributed by atoms with Crippen molar-refractivity contribution in [1.29, 1.82) is 0 Å². The van der Waals surface area contributed by atoms with Gasteiger partial charge in [0.25, 0.3) is 5.91 Å². The molecule has 3 atom stereocenters. The van der Waals surface area contributed by atoms with Crippen molar-refractivity contribution in [3.8, 4) is 5.75 Å². The first-order chi connectivity index (χ1) is 15.9. The summed E-state index contributed by atoms with van der Waals surface area (Å²) in [5.74, 6) is -2.79. The quantitative estimate of drug-likeness (QED) is 0.657. The number of hydrogen-bond donors (Lipinski definition) is 1. The molecule has 7 nitrogen and oxygen atoms in total. The van der Waals surface area contributed by atoms with Crippen molar-refractivity contribution >= 4 is 5.91 Å². The molecule has 0 bridgehead atoms. The zero-order chi connectivity index (χ0) is 23.3. The maximum atomic E-state index is 14.3. The third-order valence-corrected chi connectivity index (χ3v) is 6.52. The van der Waals surface area contributed by atoms with Gasteiger partial charge in [0.1, 0.15) is 11.6 Å². The molecule has 9 heteroatoms. The number of ether oxygens (including phenoxy) is 1. The van der Waals surface area contributed by atoms with Crippen LogP contribution in [0.4, 0.5) is 8.78 Å². The summed E-state index contributed by atoms with van der Waals surface area (Å²) < 4.78 is 35.4. The predicted molar refractivity (Wildman–Crippen MR) is 114 cm³/mol. The lowest BCUT2D eigenvalue weighted by molar-refractivity contribution is 0.0546. The Hall–Kier alpha value is -3.59. The second-order valence-corrected chi connectivity index (χ2v) is 8.35. The molecule has 5 rings (SSSR count). The maximum absolute atomic E-state index is 14.3. The summed E-state index contributed by atoms with van der Waals surface area (Å²) in [4.78, 5) is 27.0. The molecular formula is C24H21F2N3O4. The van der Waals surface area contributed by atoms with E-state index in [4.69, 9.17) is 4.74 Å². The van der Waals surface area contributed by atoms with Crippen LogP contribution < -0.4 is 5.43 Å². The molecule has 33 heavy (non-hydrogen) atoms. The minimum Gasteiger partial charge on any atom is -0.502 e. The fourth-order valence-electron chi connectivity index (χ4n) is 5.09. The van der Waals surface area contributed by atoms with E-state index in [1.807, 2.05) is 0 Å². The van der Waals surface area contributed by atoms with E-state index in [0.29, 0.717) is 17.5 Å². The minimum absolute atomic E-state index is 0.238. The molecule has 0 unspecified atom stereocenters. The molecule has 170 valence electrons. The molecule has 3 heterocycles. The van der Waals surface area contributed by atoms with Crippen molar-refractivity contribution < 1.29 is 23.4 Å². The van der Waals surface area contributed by atoms with Gasteiger partial charge >= 0.3 is 0 Å². The summed E-state index contributed by atoms with van der Waals surface area (Å²) in [6, 6.07) is 10.8. The first-order valence-corrected chi connectivity index (χ1v) is 10.5. The van der Waals surface area contributed by atoms with Crippen LogP contribution in [0.5, 0.6) is 5.75 Å². The Bertz CT molecular complexity index is 1250. The molecular weight excluding hydrogens is 432 g/mol. The van der Waals surface area contributed by atoms with Gasteiger partial charge in [-0.1, -0.05) is 24.3 Å². The number of amides is 1. The van der Waals surface area contributed by atoms with Gasteiger partial charge in [0.2, 0.25) is 5.43 Å². The summed E-state index contributed by atoms with van der Waals surface area (Å²) in [5.41, 5.74) is 0.0825. The van der Waals surface area contributed by atoms with Crippen LogP contribution in [0.15, 0.2) is 59.5 Å². The first kappa shape index (κ1) is 21.3. The molecule has 0 spiro atoms. The van der Waals surface area contributed by atoms with Crippen LogP contribution in [0.25, 0.3) is 0 Å². The van der Waals surface area contributed by atoms with E-state index >= 15 is 0 Å². The molecule has 3 aromatic rings. The van der Waals surface area contributed by atoms with Crippen molar-refractivity contribution in [3.05, 3.63) is 93.4 Å².